The van der Waals surface area contributed by atoms with E-state index in [2.05, 4.69) is 55.1 Å². The van der Waals surface area contributed by atoms with Crippen LogP contribution < -0.4 is 0 Å². The van der Waals surface area contributed by atoms with Crippen molar-refractivity contribution in [1.29, 1.82) is 0 Å². The van der Waals surface area contributed by atoms with E-state index < -0.39 is 0 Å². The van der Waals surface area contributed by atoms with Gasteiger partial charge in [-0.05, 0) is 69.4 Å². The quantitative estimate of drug-likeness (QED) is 0.648. The number of allylic oxidation sites excluding steroid dienone is 2. The number of rotatable bonds is 2. The minimum Gasteiger partial charge on any atom is -0.299 e. The van der Waals surface area contributed by atoms with Gasteiger partial charge in [0.2, 0.25) is 0 Å². The molecule has 3 saturated carbocycles. The first-order valence-electron chi connectivity index (χ1n) is 9.59. The largest absolute Gasteiger partial charge is 0.299 e. The minimum atomic E-state index is 0.206. The molecule has 0 amide bonds. The number of hydrogen-bond donors (Lipinski definition) is 0. The van der Waals surface area contributed by atoms with Crippen LogP contribution in [0.3, 0.4) is 0 Å². The van der Waals surface area contributed by atoms with Gasteiger partial charge < -0.3 is 0 Å². The van der Waals surface area contributed by atoms with E-state index in [0.717, 1.165) is 25.2 Å². The van der Waals surface area contributed by atoms with Crippen molar-refractivity contribution in [3.63, 3.8) is 0 Å². The number of carbonyl (C=O) groups excluding carboxylic acids is 1. The van der Waals surface area contributed by atoms with Crippen molar-refractivity contribution in [2.75, 3.05) is 0 Å². The molecule has 126 valence electrons. The zero-order chi connectivity index (χ0) is 16.4. The Hall–Kier alpha value is -1.02. The fourth-order valence-electron chi connectivity index (χ4n) is 6.90. The summed E-state index contributed by atoms with van der Waals surface area (Å²) in [5.41, 5.74) is 1.75. The number of carbonyl (C=O) groups is 1. The zero-order valence-corrected chi connectivity index (χ0v) is 15.3. The minimum absolute atomic E-state index is 0.206. The molecule has 0 aliphatic heterocycles. The van der Waals surface area contributed by atoms with Gasteiger partial charge in [-0.15, -0.1) is 11.8 Å². The molecule has 4 aliphatic carbocycles. The van der Waals surface area contributed by atoms with Crippen LogP contribution in [0.15, 0.2) is 46.9 Å². The van der Waals surface area contributed by atoms with Crippen LogP contribution in [0.1, 0.15) is 51.9 Å². The molecule has 0 N–H and O–H groups in total. The number of Topliss-reactive ketones (excluding diaryl/α,β-unsaturated/α-hetero) is 1. The molecule has 2 heteroatoms. The van der Waals surface area contributed by atoms with Crippen LogP contribution >= 0.6 is 11.8 Å². The summed E-state index contributed by atoms with van der Waals surface area (Å²) in [7, 11) is 0. The Balaban J connectivity index is 1.62. The second-order valence-corrected chi connectivity index (χ2v) is 10.1. The van der Waals surface area contributed by atoms with Gasteiger partial charge in [0, 0.05) is 27.4 Å². The molecule has 0 unspecified atom stereocenters. The van der Waals surface area contributed by atoms with Gasteiger partial charge in [-0.1, -0.05) is 29.8 Å². The lowest BCUT2D eigenvalue weighted by molar-refractivity contribution is -0.136. The highest BCUT2D eigenvalue weighted by Crippen LogP contribution is 2.71. The summed E-state index contributed by atoms with van der Waals surface area (Å²) >= 11 is 2.13. The lowest BCUT2D eigenvalue weighted by Crippen LogP contribution is -2.58. The normalized spacial score (nSPS) is 43.3. The van der Waals surface area contributed by atoms with Crippen LogP contribution in [0.2, 0.25) is 0 Å². The Bertz CT molecular complexity index is 708. The summed E-state index contributed by atoms with van der Waals surface area (Å²) in [4.78, 5) is 14.2. The summed E-state index contributed by atoms with van der Waals surface area (Å²) in [5.74, 6) is 2.36. The third kappa shape index (κ3) is 1.92. The molecule has 1 aromatic carbocycles. The van der Waals surface area contributed by atoms with Crippen molar-refractivity contribution in [2.24, 2.45) is 23.2 Å². The Morgan fingerprint density at radius 3 is 2.75 bits per heavy atom. The average molecular weight is 339 g/mol. The highest BCUT2D eigenvalue weighted by Gasteiger charge is 2.66. The van der Waals surface area contributed by atoms with Crippen molar-refractivity contribution in [1.82, 2.24) is 0 Å². The maximum Gasteiger partial charge on any atom is 0.136 e. The standard InChI is InChI=1S/C22H26OS/c1-15-13-21(24-17-5-3-2-4-6-17)12-11-18-19(23)9-7-16-8-10-20(21)22(16,18)14-15/h2-6,14,16,18,20H,7-13H2,1H3/t16-,18-,20+,21+,22+/m1/s1. The van der Waals surface area contributed by atoms with Gasteiger partial charge in [0.05, 0.1) is 0 Å². The molecule has 1 nitrogen and oxygen atoms in total. The molecule has 5 rings (SSSR count). The molecule has 5 atom stereocenters. The first-order chi connectivity index (χ1) is 11.6. The molecule has 1 aromatic rings. The second-order valence-electron chi connectivity index (χ2n) is 8.57. The van der Waals surface area contributed by atoms with Crippen molar-refractivity contribution in [2.45, 2.75) is 61.5 Å². The van der Waals surface area contributed by atoms with Crippen LogP contribution in [-0.2, 0) is 4.79 Å². The Morgan fingerprint density at radius 2 is 1.92 bits per heavy atom. The van der Waals surface area contributed by atoms with Crippen LogP contribution in [0, 0.1) is 23.2 Å². The first-order valence-corrected chi connectivity index (χ1v) is 10.4. The van der Waals surface area contributed by atoms with E-state index in [1.807, 2.05) is 0 Å². The summed E-state index contributed by atoms with van der Waals surface area (Å²) in [6.45, 7) is 2.32. The fraction of sp³-hybridized carbons (Fsp3) is 0.591. The third-order valence-electron chi connectivity index (χ3n) is 7.48. The number of benzene rings is 1. The first kappa shape index (κ1) is 15.3. The van der Waals surface area contributed by atoms with Crippen molar-refractivity contribution in [3.05, 3.63) is 42.0 Å². The van der Waals surface area contributed by atoms with Crippen LogP contribution in [0.25, 0.3) is 0 Å². The zero-order valence-electron chi connectivity index (χ0n) is 14.5. The molecule has 4 aliphatic rings. The Labute approximate surface area is 149 Å². The number of thioether (sulfide) groups is 1. The van der Waals surface area contributed by atoms with E-state index in [-0.39, 0.29) is 5.41 Å². The Kier molecular flexibility index (Phi) is 3.33. The van der Waals surface area contributed by atoms with Crippen molar-refractivity contribution in [3.8, 4) is 0 Å². The molecule has 0 radical (unpaired) electrons. The molecule has 2 bridgehead atoms. The molecule has 3 fully saturated rings. The molecular weight excluding hydrogens is 312 g/mol. The molecule has 0 aromatic heterocycles. The summed E-state index contributed by atoms with van der Waals surface area (Å²) in [6, 6.07) is 11.0. The van der Waals surface area contributed by atoms with Gasteiger partial charge in [0.15, 0.2) is 0 Å². The van der Waals surface area contributed by atoms with E-state index in [0.29, 0.717) is 22.4 Å². The van der Waals surface area contributed by atoms with Gasteiger partial charge in [0.1, 0.15) is 5.78 Å². The molecule has 0 heterocycles. The SMILES string of the molecule is CC1=C[C@]23[C@@H]4CCC(=O)[C@H]2CC[C@](Sc2ccccc2)(C1)[C@@H]3CC4. The fourth-order valence-corrected chi connectivity index (χ4v) is 8.64. The molecule has 24 heavy (non-hydrogen) atoms. The number of hydrogen-bond acceptors (Lipinski definition) is 2. The molecule has 1 spiro atoms. The van der Waals surface area contributed by atoms with E-state index >= 15 is 0 Å². The third-order valence-corrected chi connectivity index (χ3v) is 9.02. The van der Waals surface area contributed by atoms with Gasteiger partial charge in [-0.25, -0.2) is 0 Å². The van der Waals surface area contributed by atoms with E-state index in [1.54, 1.807) is 5.57 Å². The topological polar surface area (TPSA) is 17.1 Å². The monoisotopic (exact) mass is 338 g/mol. The predicted octanol–water partition coefficient (Wildman–Crippen LogP) is 5.65. The van der Waals surface area contributed by atoms with Gasteiger partial charge in [-0.3, -0.25) is 4.79 Å². The maximum absolute atomic E-state index is 12.8. The molecular formula is C22H26OS. The van der Waals surface area contributed by atoms with E-state index in [4.69, 9.17) is 0 Å². The van der Waals surface area contributed by atoms with Gasteiger partial charge in [0.25, 0.3) is 0 Å². The lowest BCUT2D eigenvalue weighted by atomic mass is 9.47. The number of ketones is 1. The summed E-state index contributed by atoms with van der Waals surface area (Å²) in [5, 5.41) is 0. The Morgan fingerprint density at radius 1 is 1.08 bits per heavy atom. The van der Waals surface area contributed by atoms with E-state index in [1.165, 1.54) is 30.6 Å². The van der Waals surface area contributed by atoms with Crippen molar-refractivity contribution >= 4 is 17.5 Å². The smallest absolute Gasteiger partial charge is 0.136 e. The predicted molar refractivity (Wildman–Crippen MR) is 99.0 cm³/mol. The summed E-state index contributed by atoms with van der Waals surface area (Å²) in [6.07, 6.45) is 10.8. The van der Waals surface area contributed by atoms with Crippen LogP contribution in [-0.4, -0.2) is 10.5 Å². The van der Waals surface area contributed by atoms with Crippen molar-refractivity contribution < 1.29 is 4.79 Å². The van der Waals surface area contributed by atoms with E-state index in [9.17, 15) is 4.79 Å². The highest BCUT2D eigenvalue weighted by atomic mass is 32.2. The summed E-state index contributed by atoms with van der Waals surface area (Å²) < 4.78 is 0.322. The van der Waals surface area contributed by atoms with Gasteiger partial charge in [-0.2, -0.15) is 0 Å². The molecule has 0 saturated heterocycles. The average Bonchev–Trinajstić information content (AvgIpc) is 2.94. The lowest BCUT2D eigenvalue weighted by Gasteiger charge is -2.60. The van der Waals surface area contributed by atoms with Gasteiger partial charge >= 0.3 is 0 Å². The highest BCUT2D eigenvalue weighted by molar-refractivity contribution is 8.00. The van der Waals surface area contributed by atoms with Crippen LogP contribution in [0.4, 0.5) is 0 Å². The maximum atomic E-state index is 12.8. The van der Waals surface area contributed by atoms with Crippen LogP contribution in [0.5, 0.6) is 0 Å². The second kappa shape index (κ2) is 5.24.